The van der Waals surface area contributed by atoms with Gasteiger partial charge in [-0.1, -0.05) is 30.3 Å². The lowest BCUT2D eigenvalue weighted by atomic mass is 10.1. The van der Waals surface area contributed by atoms with Gasteiger partial charge in [-0.25, -0.2) is 0 Å². The molecule has 0 saturated carbocycles. The molecule has 0 spiro atoms. The van der Waals surface area contributed by atoms with Crippen LogP contribution in [0, 0.1) is 0 Å². The van der Waals surface area contributed by atoms with Crippen LogP contribution in [-0.4, -0.2) is 42.9 Å². The van der Waals surface area contributed by atoms with Crippen molar-refractivity contribution >= 4 is 5.96 Å². The highest BCUT2D eigenvalue weighted by molar-refractivity contribution is 5.79. The van der Waals surface area contributed by atoms with Gasteiger partial charge in [-0.3, -0.25) is 4.99 Å². The predicted octanol–water partition coefficient (Wildman–Crippen LogP) is 3.07. The number of aliphatic hydroxyl groups excluding tert-OH is 1. The second-order valence-electron chi connectivity index (χ2n) is 7.41. The molecule has 2 aromatic carbocycles. The van der Waals surface area contributed by atoms with Crippen LogP contribution >= 0.6 is 0 Å². The third kappa shape index (κ3) is 6.12. The fraction of sp³-hybridized carbons (Fsp3) is 0.435. The monoisotopic (exact) mass is 397 g/mol. The number of hydrogen-bond acceptors (Lipinski definition) is 4. The quantitative estimate of drug-likeness (QED) is 0.472. The van der Waals surface area contributed by atoms with Gasteiger partial charge in [0.2, 0.25) is 0 Å². The summed E-state index contributed by atoms with van der Waals surface area (Å²) in [7, 11) is 0. The van der Waals surface area contributed by atoms with Crippen molar-refractivity contribution in [2.75, 3.05) is 19.6 Å². The van der Waals surface area contributed by atoms with Crippen molar-refractivity contribution in [3.63, 3.8) is 0 Å². The standard InChI is InChI=1S/C23H31N3O3/c1-4-24-23(25-14-20-13-18-8-5-6-11-22(18)29-20)26-15-21(27)17-9-7-10-19(12-17)28-16(2)3/h5-12,16,20-21,27H,4,13-15H2,1-3H3,(H2,24,25,26). The van der Waals surface area contributed by atoms with Gasteiger partial charge in [0.15, 0.2) is 5.96 Å². The third-order valence-electron chi connectivity index (χ3n) is 4.59. The lowest BCUT2D eigenvalue weighted by Gasteiger charge is -2.17. The summed E-state index contributed by atoms with van der Waals surface area (Å²) in [5.41, 5.74) is 2.03. The zero-order valence-corrected chi connectivity index (χ0v) is 17.4. The van der Waals surface area contributed by atoms with Crippen molar-refractivity contribution in [1.29, 1.82) is 0 Å². The number of ether oxygens (including phenoxy) is 2. The number of aliphatic imine (C=N–C) groups is 1. The van der Waals surface area contributed by atoms with Crippen molar-refractivity contribution in [2.45, 2.75) is 45.5 Å². The van der Waals surface area contributed by atoms with Crippen LogP contribution in [0.2, 0.25) is 0 Å². The van der Waals surface area contributed by atoms with Crippen molar-refractivity contribution in [3.8, 4) is 11.5 Å². The Bertz CT molecular complexity index is 798. The Hall–Kier alpha value is -2.73. The second-order valence-corrected chi connectivity index (χ2v) is 7.41. The molecule has 0 fully saturated rings. The van der Waals surface area contributed by atoms with Crippen LogP contribution in [0.4, 0.5) is 0 Å². The smallest absolute Gasteiger partial charge is 0.191 e. The topological polar surface area (TPSA) is 75.1 Å². The third-order valence-corrected chi connectivity index (χ3v) is 4.59. The number of hydrogen-bond donors (Lipinski definition) is 3. The number of nitrogens with one attached hydrogen (secondary N) is 2. The zero-order chi connectivity index (χ0) is 20.6. The number of benzene rings is 2. The number of nitrogens with zero attached hydrogens (tertiary/aromatic N) is 1. The van der Waals surface area contributed by atoms with Crippen LogP contribution in [0.25, 0.3) is 0 Å². The molecule has 1 aliphatic rings. The maximum Gasteiger partial charge on any atom is 0.191 e. The average molecular weight is 398 g/mol. The number of rotatable bonds is 8. The van der Waals surface area contributed by atoms with Crippen LogP contribution in [0.3, 0.4) is 0 Å². The van der Waals surface area contributed by atoms with E-state index < -0.39 is 6.10 Å². The van der Waals surface area contributed by atoms with Crippen LogP contribution in [0.1, 0.15) is 38.0 Å². The molecule has 0 bridgehead atoms. The first-order chi connectivity index (χ1) is 14.0. The SMILES string of the molecule is CCNC(=NCC(O)c1cccc(OC(C)C)c1)NCC1Cc2ccccc2O1. The fourth-order valence-electron chi connectivity index (χ4n) is 3.27. The van der Waals surface area contributed by atoms with E-state index in [0.29, 0.717) is 12.5 Å². The van der Waals surface area contributed by atoms with Gasteiger partial charge in [-0.2, -0.15) is 0 Å². The molecule has 1 aliphatic heterocycles. The molecule has 2 unspecified atom stereocenters. The summed E-state index contributed by atoms with van der Waals surface area (Å²) in [4.78, 5) is 4.54. The fourth-order valence-corrected chi connectivity index (χ4v) is 3.27. The van der Waals surface area contributed by atoms with Gasteiger partial charge in [0, 0.05) is 13.0 Å². The van der Waals surface area contributed by atoms with E-state index in [1.165, 1.54) is 5.56 Å². The van der Waals surface area contributed by atoms with Crippen molar-refractivity contribution in [1.82, 2.24) is 10.6 Å². The Labute approximate surface area is 173 Å². The molecule has 6 nitrogen and oxygen atoms in total. The molecule has 3 N–H and O–H groups in total. The van der Waals surface area contributed by atoms with Gasteiger partial charge in [-0.15, -0.1) is 0 Å². The van der Waals surface area contributed by atoms with Crippen molar-refractivity contribution in [2.24, 2.45) is 4.99 Å². The minimum atomic E-state index is -0.701. The molecule has 0 aliphatic carbocycles. The first-order valence-electron chi connectivity index (χ1n) is 10.3. The van der Waals surface area contributed by atoms with E-state index in [0.717, 1.165) is 30.0 Å². The summed E-state index contributed by atoms with van der Waals surface area (Å²) >= 11 is 0. The lowest BCUT2D eigenvalue weighted by molar-refractivity contribution is 0.185. The van der Waals surface area contributed by atoms with Crippen LogP contribution in [0.5, 0.6) is 11.5 Å². The maximum atomic E-state index is 10.6. The zero-order valence-electron chi connectivity index (χ0n) is 17.4. The first-order valence-corrected chi connectivity index (χ1v) is 10.3. The maximum absolute atomic E-state index is 10.6. The van der Waals surface area contributed by atoms with Crippen LogP contribution in [0.15, 0.2) is 53.5 Å². The highest BCUT2D eigenvalue weighted by Crippen LogP contribution is 2.27. The van der Waals surface area contributed by atoms with Crippen molar-refractivity contribution < 1.29 is 14.6 Å². The Balaban J connectivity index is 1.55. The van der Waals surface area contributed by atoms with Crippen LogP contribution < -0.4 is 20.1 Å². The molecule has 0 aromatic heterocycles. The van der Waals surface area contributed by atoms with Gasteiger partial charge in [-0.05, 0) is 50.1 Å². The minimum Gasteiger partial charge on any atom is -0.491 e. The summed E-state index contributed by atoms with van der Waals surface area (Å²) in [5, 5.41) is 17.1. The minimum absolute atomic E-state index is 0.0750. The number of guanidine groups is 1. The Morgan fingerprint density at radius 3 is 2.79 bits per heavy atom. The summed E-state index contributed by atoms with van der Waals surface area (Å²) in [6, 6.07) is 15.7. The Morgan fingerprint density at radius 2 is 2.03 bits per heavy atom. The molecule has 2 atom stereocenters. The van der Waals surface area contributed by atoms with Crippen LogP contribution in [-0.2, 0) is 6.42 Å². The van der Waals surface area contributed by atoms with Gasteiger partial charge < -0.3 is 25.2 Å². The second kappa shape index (κ2) is 10.2. The lowest BCUT2D eigenvalue weighted by Crippen LogP contribution is -2.42. The molecule has 156 valence electrons. The van der Waals surface area contributed by atoms with Gasteiger partial charge in [0.25, 0.3) is 0 Å². The van der Waals surface area contributed by atoms with E-state index in [1.807, 2.05) is 63.2 Å². The van der Waals surface area contributed by atoms with E-state index in [2.05, 4.69) is 21.7 Å². The van der Waals surface area contributed by atoms with E-state index in [1.54, 1.807) is 0 Å². The molecule has 3 rings (SSSR count). The predicted molar refractivity (Wildman–Crippen MR) is 116 cm³/mol. The number of fused-ring (bicyclic) bond motifs is 1. The van der Waals surface area contributed by atoms with Gasteiger partial charge in [0.05, 0.1) is 25.3 Å². The summed E-state index contributed by atoms with van der Waals surface area (Å²) in [6.07, 6.45) is 0.349. The largest absolute Gasteiger partial charge is 0.491 e. The molecular weight excluding hydrogens is 366 g/mol. The summed E-state index contributed by atoms with van der Waals surface area (Å²) < 4.78 is 11.7. The molecule has 1 heterocycles. The number of aliphatic hydroxyl groups is 1. The molecule has 2 aromatic rings. The van der Waals surface area contributed by atoms with E-state index in [9.17, 15) is 5.11 Å². The molecular formula is C23H31N3O3. The van der Waals surface area contributed by atoms with E-state index in [4.69, 9.17) is 9.47 Å². The normalized spacial score (nSPS) is 16.9. The molecule has 0 saturated heterocycles. The highest BCUT2D eigenvalue weighted by atomic mass is 16.5. The van der Waals surface area contributed by atoms with E-state index in [-0.39, 0.29) is 18.8 Å². The van der Waals surface area contributed by atoms with E-state index >= 15 is 0 Å². The molecule has 0 radical (unpaired) electrons. The highest BCUT2D eigenvalue weighted by Gasteiger charge is 2.22. The Kier molecular flexibility index (Phi) is 7.36. The summed E-state index contributed by atoms with van der Waals surface area (Å²) in [5.74, 6) is 2.38. The average Bonchev–Trinajstić information content (AvgIpc) is 3.12. The van der Waals surface area contributed by atoms with Crippen molar-refractivity contribution in [3.05, 3.63) is 59.7 Å². The summed E-state index contributed by atoms with van der Waals surface area (Å²) in [6.45, 7) is 7.62. The molecule has 0 amide bonds. The Morgan fingerprint density at radius 1 is 1.21 bits per heavy atom. The molecule has 29 heavy (non-hydrogen) atoms. The first kappa shape index (κ1) is 21.0. The molecule has 6 heteroatoms. The number of para-hydroxylation sites is 1. The van der Waals surface area contributed by atoms with Gasteiger partial charge >= 0.3 is 0 Å². The van der Waals surface area contributed by atoms with Gasteiger partial charge in [0.1, 0.15) is 17.6 Å².